The highest BCUT2D eigenvalue weighted by atomic mass is 16.5. The number of urea groups is 1. The minimum Gasteiger partial charge on any atom is -0.497 e. The van der Waals surface area contributed by atoms with Gasteiger partial charge in [-0.25, -0.2) is 4.79 Å². The summed E-state index contributed by atoms with van der Waals surface area (Å²) in [6.45, 7) is 0.568. The van der Waals surface area contributed by atoms with E-state index in [9.17, 15) is 19.2 Å². The Morgan fingerprint density at radius 3 is 2.48 bits per heavy atom. The van der Waals surface area contributed by atoms with E-state index < -0.39 is 17.5 Å². The second-order valence-electron chi connectivity index (χ2n) is 7.96. The molecule has 3 N–H and O–H groups in total. The molecular formula is C23H24N4O6. The minimum absolute atomic E-state index is 0.0218. The third kappa shape index (κ3) is 4.24. The predicted octanol–water partition coefficient (Wildman–Crippen LogP) is 0.840. The van der Waals surface area contributed by atoms with Gasteiger partial charge in [-0.15, -0.1) is 0 Å². The highest BCUT2D eigenvalue weighted by molar-refractivity contribution is 6.08. The number of methoxy groups -OCH3 is 2. The van der Waals surface area contributed by atoms with Crippen molar-refractivity contribution in [2.75, 3.05) is 27.3 Å². The number of rotatable bonds is 9. The molecule has 2 aliphatic rings. The summed E-state index contributed by atoms with van der Waals surface area (Å²) in [6, 6.07) is 9.63. The first-order valence-corrected chi connectivity index (χ1v) is 10.3. The van der Waals surface area contributed by atoms with Crippen molar-refractivity contribution < 1.29 is 28.7 Å². The van der Waals surface area contributed by atoms with Gasteiger partial charge in [-0.2, -0.15) is 0 Å². The van der Waals surface area contributed by atoms with E-state index in [-0.39, 0.29) is 25.5 Å². The number of benzene rings is 2. The second kappa shape index (κ2) is 8.91. The van der Waals surface area contributed by atoms with E-state index in [2.05, 4.69) is 16.0 Å². The fourth-order valence-electron chi connectivity index (χ4n) is 4.15. The number of hydrogen-bond acceptors (Lipinski definition) is 7. The number of hydrogen-bond donors (Lipinski definition) is 3. The van der Waals surface area contributed by atoms with Crippen LogP contribution in [0.5, 0.6) is 11.5 Å². The van der Waals surface area contributed by atoms with E-state index in [0.29, 0.717) is 34.7 Å². The Labute approximate surface area is 190 Å². The third-order valence-corrected chi connectivity index (χ3v) is 5.89. The van der Waals surface area contributed by atoms with Gasteiger partial charge in [0.2, 0.25) is 0 Å². The lowest BCUT2D eigenvalue weighted by Gasteiger charge is -2.31. The van der Waals surface area contributed by atoms with Crippen molar-refractivity contribution in [3.05, 3.63) is 58.7 Å². The van der Waals surface area contributed by atoms with Crippen LogP contribution < -0.4 is 25.4 Å². The largest absolute Gasteiger partial charge is 0.497 e. The van der Waals surface area contributed by atoms with Crippen molar-refractivity contribution in [1.29, 1.82) is 0 Å². The van der Waals surface area contributed by atoms with Crippen molar-refractivity contribution in [3.63, 3.8) is 0 Å². The molecule has 2 aromatic rings. The maximum atomic E-state index is 12.9. The molecule has 0 bridgehead atoms. The summed E-state index contributed by atoms with van der Waals surface area (Å²) in [5, 5.41) is 8.08. The summed E-state index contributed by atoms with van der Waals surface area (Å²) in [4.78, 5) is 50.6. The van der Waals surface area contributed by atoms with Gasteiger partial charge in [0, 0.05) is 30.8 Å². The molecule has 33 heavy (non-hydrogen) atoms. The standard InChI is InChI=1S/C23H24N4O6/c1-32-17-4-3-14(11-28)15(7-17)9-24-12-23(21(30)25-22(31)26-23)13-27-10-16-8-18(33-2)5-6-19(16)20(27)29/h3-8,11,24H,9-10,12-13H2,1-2H3,(H2,25,26,30,31). The molecule has 2 aromatic carbocycles. The lowest BCUT2D eigenvalue weighted by molar-refractivity contribution is -0.124. The number of carbonyl (C=O) groups excluding carboxylic acids is 4. The third-order valence-electron chi connectivity index (χ3n) is 5.89. The quantitative estimate of drug-likeness (QED) is 0.380. The molecule has 4 amide bonds. The topological polar surface area (TPSA) is 126 Å². The lowest BCUT2D eigenvalue weighted by Crippen LogP contribution is -2.60. The molecule has 1 fully saturated rings. The van der Waals surface area contributed by atoms with Crippen LogP contribution in [-0.2, 0) is 17.9 Å². The number of nitrogens with zero attached hydrogens (tertiary/aromatic N) is 1. The number of amides is 4. The van der Waals surface area contributed by atoms with Crippen LogP contribution in [0.2, 0.25) is 0 Å². The number of nitrogens with one attached hydrogen (secondary N) is 3. The monoisotopic (exact) mass is 452 g/mol. The fourth-order valence-corrected chi connectivity index (χ4v) is 4.15. The molecule has 10 nitrogen and oxygen atoms in total. The summed E-state index contributed by atoms with van der Waals surface area (Å²) in [7, 11) is 3.08. The molecule has 0 aromatic heterocycles. The van der Waals surface area contributed by atoms with Gasteiger partial charge >= 0.3 is 6.03 Å². The van der Waals surface area contributed by atoms with Gasteiger partial charge < -0.3 is 25.0 Å². The van der Waals surface area contributed by atoms with Gasteiger partial charge in [0.1, 0.15) is 17.8 Å². The average Bonchev–Trinajstić information content (AvgIpc) is 3.27. The molecule has 1 saturated heterocycles. The minimum atomic E-state index is -1.36. The number of fused-ring (bicyclic) bond motifs is 1. The molecule has 0 saturated carbocycles. The van der Waals surface area contributed by atoms with E-state index in [4.69, 9.17) is 9.47 Å². The Balaban J connectivity index is 1.51. The number of aldehydes is 1. The Morgan fingerprint density at radius 1 is 1.09 bits per heavy atom. The number of imide groups is 1. The van der Waals surface area contributed by atoms with Crippen LogP contribution in [-0.4, -0.2) is 61.9 Å². The van der Waals surface area contributed by atoms with Crippen molar-refractivity contribution in [3.8, 4) is 11.5 Å². The van der Waals surface area contributed by atoms with Crippen LogP contribution in [0.25, 0.3) is 0 Å². The van der Waals surface area contributed by atoms with Crippen LogP contribution in [0.1, 0.15) is 31.8 Å². The number of ether oxygens (including phenoxy) is 2. The van der Waals surface area contributed by atoms with Crippen LogP contribution in [0, 0.1) is 0 Å². The van der Waals surface area contributed by atoms with Crippen LogP contribution in [0.4, 0.5) is 4.79 Å². The second-order valence-corrected chi connectivity index (χ2v) is 7.96. The van der Waals surface area contributed by atoms with Crippen LogP contribution >= 0.6 is 0 Å². The molecule has 172 valence electrons. The zero-order chi connectivity index (χ0) is 23.6. The normalized spacial score (nSPS) is 19.2. The van der Waals surface area contributed by atoms with Gasteiger partial charge in [0.25, 0.3) is 11.8 Å². The summed E-state index contributed by atoms with van der Waals surface area (Å²) in [5.74, 6) is 0.477. The zero-order valence-electron chi connectivity index (χ0n) is 18.3. The van der Waals surface area contributed by atoms with Crippen LogP contribution in [0.3, 0.4) is 0 Å². The van der Waals surface area contributed by atoms with E-state index in [0.717, 1.165) is 11.8 Å². The Hall–Kier alpha value is -3.92. The van der Waals surface area contributed by atoms with Gasteiger partial charge in [0.15, 0.2) is 5.54 Å². The molecule has 0 aliphatic carbocycles. The summed E-state index contributed by atoms with van der Waals surface area (Å²) in [6.07, 6.45) is 0.741. The highest BCUT2D eigenvalue weighted by Crippen LogP contribution is 2.28. The van der Waals surface area contributed by atoms with Gasteiger partial charge in [0.05, 0.1) is 20.8 Å². The molecule has 10 heteroatoms. The van der Waals surface area contributed by atoms with Gasteiger partial charge in [-0.1, -0.05) is 0 Å². The van der Waals surface area contributed by atoms with Crippen molar-refractivity contribution in [2.45, 2.75) is 18.6 Å². The predicted molar refractivity (Wildman–Crippen MR) is 117 cm³/mol. The Bertz CT molecular complexity index is 1130. The van der Waals surface area contributed by atoms with Crippen molar-refractivity contribution >= 4 is 24.1 Å². The fraction of sp³-hybridized carbons (Fsp3) is 0.304. The first-order chi connectivity index (χ1) is 15.9. The Morgan fingerprint density at radius 2 is 1.82 bits per heavy atom. The van der Waals surface area contributed by atoms with Crippen molar-refractivity contribution in [2.24, 2.45) is 0 Å². The SMILES string of the molecule is COc1ccc(C=O)c(CNCC2(CN3Cc4cc(OC)ccc4C3=O)NC(=O)NC2=O)c1. The molecule has 1 atom stereocenters. The summed E-state index contributed by atoms with van der Waals surface area (Å²) in [5.41, 5.74) is 1.13. The molecule has 2 heterocycles. The molecule has 1 unspecified atom stereocenters. The molecular weight excluding hydrogens is 428 g/mol. The van der Waals surface area contributed by atoms with E-state index in [1.54, 1.807) is 43.5 Å². The summed E-state index contributed by atoms with van der Waals surface area (Å²) >= 11 is 0. The molecule has 0 radical (unpaired) electrons. The van der Waals surface area contributed by atoms with E-state index >= 15 is 0 Å². The Kier molecular flexibility index (Phi) is 6.01. The molecule has 4 rings (SSSR count). The van der Waals surface area contributed by atoms with Gasteiger partial charge in [-0.05, 0) is 47.5 Å². The van der Waals surface area contributed by atoms with Crippen LogP contribution in [0.15, 0.2) is 36.4 Å². The smallest absolute Gasteiger partial charge is 0.322 e. The highest BCUT2D eigenvalue weighted by Gasteiger charge is 2.48. The first kappa shape index (κ1) is 22.3. The number of carbonyl (C=O) groups is 4. The van der Waals surface area contributed by atoms with E-state index in [1.165, 1.54) is 12.0 Å². The molecule has 0 spiro atoms. The summed E-state index contributed by atoms with van der Waals surface area (Å²) < 4.78 is 10.4. The average molecular weight is 452 g/mol. The maximum absolute atomic E-state index is 12.9. The van der Waals surface area contributed by atoms with E-state index in [1.807, 2.05) is 0 Å². The zero-order valence-corrected chi connectivity index (χ0v) is 18.3. The lowest BCUT2D eigenvalue weighted by atomic mass is 9.98. The maximum Gasteiger partial charge on any atom is 0.322 e. The van der Waals surface area contributed by atoms with Gasteiger partial charge in [-0.3, -0.25) is 19.7 Å². The van der Waals surface area contributed by atoms with Crippen molar-refractivity contribution in [1.82, 2.24) is 20.9 Å². The molecule has 2 aliphatic heterocycles. The first-order valence-electron chi connectivity index (χ1n) is 10.3.